The highest BCUT2D eigenvalue weighted by Crippen LogP contribution is 2.32. The van der Waals surface area contributed by atoms with Crippen molar-refractivity contribution >= 4 is 39.3 Å². The Morgan fingerprint density at radius 3 is 2.73 bits per heavy atom. The van der Waals surface area contributed by atoms with Crippen LogP contribution in [-0.4, -0.2) is 36.4 Å². The highest BCUT2D eigenvalue weighted by atomic mass is 79.9. The molecule has 0 saturated carbocycles. The van der Waals surface area contributed by atoms with Crippen LogP contribution in [0.5, 0.6) is 5.75 Å². The van der Waals surface area contributed by atoms with Gasteiger partial charge in [0.05, 0.1) is 24.3 Å². The Morgan fingerprint density at radius 1 is 1.33 bits per heavy atom. The van der Waals surface area contributed by atoms with Crippen molar-refractivity contribution in [1.29, 1.82) is 0 Å². The average molecular weight is 530 g/mol. The number of aromatic nitrogens is 1. The molecule has 7 nitrogen and oxygen atoms in total. The summed E-state index contributed by atoms with van der Waals surface area (Å²) in [6.45, 7) is 4.60. The van der Waals surface area contributed by atoms with E-state index >= 15 is 0 Å². The van der Waals surface area contributed by atoms with Crippen LogP contribution < -0.4 is 15.4 Å². The van der Waals surface area contributed by atoms with Gasteiger partial charge < -0.3 is 20.1 Å². The third-order valence-corrected chi connectivity index (χ3v) is 5.69. The molecule has 1 amide bonds. The van der Waals surface area contributed by atoms with Gasteiger partial charge in [-0.2, -0.15) is 0 Å². The third-order valence-electron chi connectivity index (χ3n) is 5.04. The molecule has 11 heteroatoms. The number of amides is 1. The van der Waals surface area contributed by atoms with Crippen LogP contribution in [0.4, 0.5) is 24.7 Å². The van der Waals surface area contributed by atoms with Gasteiger partial charge in [0.2, 0.25) is 0 Å². The van der Waals surface area contributed by atoms with Crippen molar-refractivity contribution in [3.8, 4) is 5.75 Å². The molecule has 0 bridgehead atoms. The molecule has 1 atom stereocenters. The highest BCUT2D eigenvalue weighted by Gasteiger charge is 2.31. The van der Waals surface area contributed by atoms with E-state index in [1.165, 1.54) is 24.4 Å². The smallest absolute Gasteiger partial charge is 0.466 e. The molecule has 1 aromatic carbocycles. The van der Waals surface area contributed by atoms with Crippen LogP contribution in [0, 0.1) is 5.92 Å². The number of hydrogen-bond acceptors (Lipinski definition) is 6. The standard InChI is InChI=1S/C22H23BrF3N3O4/c1-12(2)15-9-19(29-18-4-3-14(8-17(18)23)33-22(24,25)26)27-11-16(15)21(31)28-10-13-5-6-32-20(30)7-13/h3-4,8-9,11-13H,5-7,10H2,1-2H3,(H,27,29)(H,28,31). The number of rotatable bonds is 7. The maximum Gasteiger partial charge on any atom is 0.573 e. The normalized spacial score (nSPS) is 16.3. The van der Waals surface area contributed by atoms with Gasteiger partial charge in [-0.25, -0.2) is 4.98 Å². The minimum atomic E-state index is -4.78. The van der Waals surface area contributed by atoms with Gasteiger partial charge in [-0.3, -0.25) is 9.59 Å². The fourth-order valence-corrected chi connectivity index (χ4v) is 3.84. The van der Waals surface area contributed by atoms with Crippen molar-refractivity contribution in [2.24, 2.45) is 5.92 Å². The van der Waals surface area contributed by atoms with Crippen molar-refractivity contribution in [3.63, 3.8) is 0 Å². The van der Waals surface area contributed by atoms with Gasteiger partial charge in [0.1, 0.15) is 11.6 Å². The van der Waals surface area contributed by atoms with E-state index in [4.69, 9.17) is 4.74 Å². The monoisotopic (exact) mass is 529 g/mol. The van der Waals surface area contributed by atoms with Crippen molar-refractivity contribution < 1.29 is 32.2 Å². The lowest BCUT2D eigenvalue weighted by atomic mass is 9.97. The molecule has 1 saturated heterocycles. The van der Waals surface area contributed by atoms with Crippen LogP contribution >= 0.6 is 15.9 Å². The Bertz CT molecular complexity index is 1030. The molecule has 33 heavy (non-hydrogen) atoms. The maximum absolute atomic E-state index is 12.8. The number of hydrogen-bond donors (Lipinski definition) is 2. The Labute approximate surface area is 197 Å². The Hall–Kier alpha value is -2.82. The number of halogens is 4. The minimum Gasteiger partial charge on any atom is -0.466 e. The number of pyridine rings is 1. The quantitative estimate of drug-likeness (QED) is 0.473. The molecule has 1 aromatic heterocycles. The molecule has 178 valence electrons. The third kappa shape index (κ3) is 7.08. The van der Waals surface area contributed by atoms with Gasteiger partial charge >= 0.3 is 12.3 Å². The van der Waals surface area contributed by atoms with Gasteiger partial charge in [0, 0.05) is 17.2 Å². The number of nitrogens with zero attached hydrogens (tertiary/aromatic N) is 1. The topological polar surface area (TPSA) is 89.6 Å². The van der Waals surface area contributed by atoms with Crippen molar-refractivity contribution in [2.75, 3.05) is 18.5 Å². The maximum atomic E-state index is 12.8. The van der Waals surface area contributed by atoms with Gasteiger partial charge in [-0.15, -0.1) is 13.2 Å². The predicted molar refractivity (Wildman–Crippen MR) is 118 cm³/mol. The Kier molecular flexibility index (Phi) is 7.83. The molecule has 3 rings (SSSR count). The summed E-state index contributed by atoms with van der Waals surface area (Å²) in [5, 5.41) is 5.90. The number of nitrogens with one attached hydrogen (secondary N) is 2. The zero-order valence-corrected chi connectivity index (χ0v) is 19.5. The SMILES string of the molecule is CC(C)c1cc(Nc2ccc(OC(F)(F)F)cc2Br)ncc1C(=O)NCC1CCOC(=O)C1. The number of carbonyl (C=O) groups is 2. The molecule has 2 N–H and O–H groups in total. The molecule has 1 aliphatic rings. The molecule has 1 aliphatic heterocycles. The van der Waals surface area contributed by atoms with Gasteiger partial charge in [-0.05, 0) is 64.0 Å². The molecule has 1 unspecified atom stereocenters. The summed E-state index contributed by atoms with van der Waals surface area (Å²) in [5.74, 6) is -0.432. The highest BCUT2D eigenvalue weighted by molar-refractivity contribution is 9.10. The van der Waals surface area contributed by atoms with Gasteiger partial charge in [0.25, 0.3) is 5.91 Å². The summed E-state index contributed by atoms with van der Waals surface area (Å²) in [5.41, 5.74) is 1.65. The molecule has 2 aromatic rings. The van der Waals surface area contributed by atoms with Crippen LogP contribution in [0.25, 0.3) is 0 Å². The number of ether oxygens (including phenoxy) is 2. The van der Waals surface area contributed by atoms with E-state index in [0.29, 0.717) is 41.1 Å². The van der Waals surface area contributed by atoms with E-state index < -0.39 is 6.36 Å². The fraction of sp³-hybridized carbons (Fsp3) is 0.409. The molecular formula is C22H23BrF3N3O4. The lowest BCUT2D eigenvalue weighted by Gasteiger charge is -2.22. The van der Waals surface area contributed by atoms with Crippen molar-refractivity contribution in [3.05, 3.63) is 46.1 Å². The number of alkyl halides is 3. The van der Waals surface area contributed by atoms with Gasteiger partial charge in [0.15, 0.2) is 0 Å². The van der Waals surface area contributed by atoms with Crippen LogP contribution in [-0.2, 0) is 9.53 Å². The van der Waals surface area contributed by atoms with E-state index in [0.717, 1.165) is 5.56 Å². The lowest BCUT2D eigenvalue weighted by Crippen LogP contribution is -2.34. The molecule has 0 radical (unpaired) electrons. The van der Waals surface area contributed by atoms with Gasteiger partial charge in [-0.1, -0.05) is 13.8 Å². The summed E-state index contributed by atoms with van der Waals surface area (Å²) in [4.78, 5) is 28.5. The van der Waals surface area contributed by atoms with E-state index in [1.54, 1.807) is 6.07 Å². The minimum absolute atomic E-state index is 0.00459. The predicted octanol–water partition coefficient (Wildman–Crippen LogP) is 5.29. The number of benzene rings is 1. The Balaban J connectivity index is 1.72. The van der Waals surface area contributed by atoms with E-state index in [-0.39, 0.29) is 35.9 Å². The first-order valence-electron chi connectivity index (χ1n) is 10.3. The number of carbonyl (C=O) groups excluding carboxylic acids is 2. The number of anilines is 2. The largest absolute Gasteiger partial charge is 0.573 e. The lowest BCUT2D eigenvalue weighted by molar-refractivity contribution is -0.274. The first-order valence-corrected chi connectivity index (χ1v) is 11.1. The summed E-state index contributed by atoms with van der Waals surface area (Å²) in [6, 6.07) is 5.54. The Morgan fingerprint density at radius 2 is 2.09 bits per heavy atom. The molecule has 2 heterocycles. The average Bonchev–Trinajstić information content (AvgIpc) is 2.73. The van der Waals surface area contributed by atoms with Crippen LogP contribution in [0.1, 0.15) is 48.5 Å². The summed E-state index contributed by atoms with van der Waals surface area (Å²) < 4.78 is 46.4. The molecule has 0 spiro atoms. The second kappa shape index (κ2) is 10.4. The summed E-state index contributed by atoms with van der Waals surface area (Å²) in [6.07, 6.45) is -2.35. The number of esters is 1. The van der Waals surface area contributed by atoms with Crippen LogP contribution in [0.2, 0.25) is 0 Å². The zero-order chi connectivity index (χ0) is 24.2. The fourth-order valence-electron chi connectivity index (χ4n) is 3.38. The molecular weight excluding hydrogens is 507 g/mol. The number of cyclic esters (lactones) is 1. The molecule has 0 aliphatic carbocycles. The van der Waals surface area contributed by atoms with E-state index in [9.17, 15) is 22.8 Å². The van der Waals surface area contributed by atoms with Crippen LogP contribution in [0.3, 0.4) is 0 Å². The van der Waals surface area contributed by atoms with E-state index in [2.05, 4.69) is 36.3 Å². The second-order valence-corrected chi connectivity index (χ2v) is 8.77. The summed E-state index contributed by atoms with van der Waals surface area (Å²) >= 11 is 3.23. The van der Waals surface area contributed by atoms with Crippen molar-refractivity contribution in [1.82, 2.24) is 10.3 Å². The van der Waals surface area contributed by atoms with Crippen molar-refractivity contribution in [2.45, 2.75) is 39.0 Å². The summed E-state index contributed by atoms with van der Waals surface area (Å²) in [7, 11) is 0. The zero-order valence-electron chi connectivity index (χ0n) is 18.0. The van der Waals surface area contributed by atoms with Crippen LogP contribution in [0.15, 0.2) is 34.9 Å². The van der Waals surface area contributed by atoms with E-state index in [1.807, 2.05) is 13.8 Å². The molecule has 1 fully saturated rings. The first-order chi connectivity index (χ1) is 15.5. The second-order valence-electron chi connectivity index (χ2n) is 7.92. The first kappa shape index (κ1) is 24.8.